The summed E-state index contributed by atoms with van der Waals surface area (Å²) in [5.41, 5.74) is 5.44. The Kier molecular flexibility index (Phi) is 10.8. The number of fused-ring (bicyclic) bond motifs is 7. The maximum absolute atomic E-state index is 15.3. The lowest BCUT2D eigenvalue weighted by molar-refractivity contribution is -0.125. The van der Waals surface area contributed by atoms with Crippen molar-refractivity contribution in [2.45, 2.75) is 114 Å². The molecule has 3 aliphatic heterocycles. The second-order valence-electron chi connectivity index (χ2n) is 18.3. The molecular weight excluding hydrogens is 800 g/mol. The van der Waals surface area contributed by atoms with Crippen LogP contribution in [0.25, 0.3) is 16.6 Å². The fourth-order valence-corrected chi connectivity index (χ4v) is 12.2. The molecule has 4 heterocycles. The molecule has 2 amide bonds. The fraction of sp³-hybridized carbons (Fsp3) is 0.532. The normalized spacial score (nSPS) is 22.9. The number of anilines is 1. The first kappa shape index (κ1) is 39.5. The van der Waals surface area contributed by atoms with E-state index in [1.54, 1.807) is 6.92 Å². The highest BCUT2D eigenvalue weighted by Gasteiger charge is 2.47. The van der Waals surface area contributed by atoms with E-state index in [2.05, 4.69) is 59.9 Å². The van der Waals surface area contributed by atoms with Gasteiger partial charge in [-0.25, -0.2) is 8.78 Å². The summed E-state index contributed by atoms with van der Waals surface area (Å²) in [4.78, 5) is 45.3. The molecule has 2 saturated carbocycles. The van der Waals surface area contributed by atoms with Crippen LogP contribution in [0.5, 0.6) is 0 Å². The molecular formula is C47H54BrF2N5O3. The summed E-state index contributed by atoms with van der Waals surface area (Å²) in [5, 5.41) is 2.74. The van der Waals surface area contributed by atoms with Crippen molar-refractivity contribution in [3.63, 3.8) is 0 Å². The third kappa shape index (κ3) is 7.11. The molecule has 1 aromatic heterocycles. The Labute approximate surface area is 347 Å². The van der Waals surface area contributed by atoms with E-state index in [-0.39, 0.29) is 34.8 Å². The average Bonchev–Trinajstić information content (AvgIpc) is 3.72. The Morgan fingerprint density at radius 2 is 1.69 bits per heavy atom. The highest BCUT2D eigenvalue weighted by molar-refractivity contribution is 9.10. The molecule has 4 aromatic rings. The van der Waals surface area contributed by atoms with E-state index in [1.807, 2.05) is 12.1 Å². The molecule has 3 aromatic carbocycles. The fourth-order valence-electron chi connectivity index (χ4n) is 11.7. The first-order valence-electron chi connectivity index (χ1n) is 21.6. The lowest BCUT2D eigenvalue weighted by Crippen LogP contribution is -2.42. The molecule has 1 N–H and O–H groups in total. The van der Waals surface area contributed by atoms with Crippen molar-refractivity contribution in [1.29, 1.82) is 0 Å². The molecule has 5 aliphatic rings. The Balaban J connectivity index is 0.816. The van der Waals surface area contributed by atoms with Crippen molar-refractivity contribution in [2.75, 3.05) is 37.6 Å². The van der Waals surface area contributed by atoms with E-state index in [0.717, 1.165) is 87.1 Å². The predicted octanol–water partition coefficient (Wildman–Crippen LogP) is 9.41. The summed E-state index contributed by atoms with van der Waals surface area (Å²) < 4.78 is 33.7. The second-order valence-corrected chi connectivity index (χ2v) is 19.1. The zero-order valence-corrected chi connectivity index (χ0v) is 35.1. The number of halogens is 3. The van der Waals surface area contributed by atoms with Crippen LogP contribution in [0.2, 0.25) is 0 Å². The Morgan fingerprint density at radius 3 is 2.41 bits per heavy atom. The van der Waals surface area contributed by atoms with Gasteiger partial charge in [-0.2, -0.15) is 4.98 Å². The van der Waals surface area contributed by atoms with Crippen LogP contribution in [0, 0.1) is 23.0 Å². The summed E-state index contributed by atoms with van der Waals surface area (Å²) in [5.74, 6) is 0.0551. The van der Waals surface area contributed by atoms with Gasteiger partial charge in [0.1, 0.15) is 17.5 Å². The molecule has 58 heavy (non-hydrogen) atoms. The van der Waals surface area contributed by atoms with E-state index in [1.165, 1.54) is 67.5 Å². The number of benzene rings is 3. The number of aromatic nitrogens is 2. The standard InChI is InChI=1S/C47H54BrF2N5O3/c1-30(8-15-41(57)51-29-56)42-37(49)25-34(26-38(42)50)54-22-19-46(20-23-54)18-21-53(28-46)27-31-9-11-32(12-10-31)33-13-14-35-40(24-33)55-39-7-5-6-36(48)43(39)44(58)52-45(55)47(35)16-3-2-4-17-47/h5-7,13-14,24-26,29-32H,2-4,8-12,15-23,27-28H2,1H3,(H,51,56,57). The molecule has 4 fully saturated rings. The third-order valence-electron chi connectivity index (χ3n) is 14.9. The second kappa shape index (κ2) is 15.9. The van der Waals surface area contributed by atoms with Crippen LogP contribution < -0.4 is 15.8 Å². The van der Waals surface area contributed by atoms with Crippen molar-refractivity contribution < 1.29 is 18.4 Å². The highest BCUT2D eigenvalue weighted by atomic mass is 79.9. The number of carbonyl (C=O) groups is 2. The number of hydrogen-bond acceptors (Lipinski definition) is 6. The summed E-state index contributed by atoms with van der Waals surface area (Å²) in [7, 11) is 0. The zero-order valence-electron chi connectivity index (χ0n) is 33.5. The average molecular weight is 855 g/mol. The maximum Gasteiger partial charge on any atom is 0.281 e. The molecule has 306 valence electrons. The molecule has 1 atom stereocenters. The predicted molar refractivity (Wildman–Crippen MR) is 227 cm³/mol. The van der Waals surface area contributed by atoms with Gasteiger partial charge in [-0.05, 0) is 151 Å². The van der Waals surface area contributed by atoms with Crippen LogP contribution in [0.15, 0.2) is 57.8 Å². The lowest BCUT2D eigenvalue weighted by atomic mass is 9.69. The molecule has 0 bridgehead atoms. The van der Waals surface area contributed by atoms with Crippen LogP contribution in [0.4, 0.5) is 14.5 Å². The first-order valence-corrected chi connectivity index (χ1v) is 22.4. The zero-order chi connectivity index (χ0) is 40.2. The van der Waals surface area contributed by atoms with Crippen molar-refractivity contribution in [2.24, 2.45) is 11.3 Å². The number of carbonyl (C=O) groups excluding carboxylic acids is 2. The van der Waals surface area contributed by atoms with E-state index >= 15 is 8.78 Å². The van der Waals surface area contributed by atoms with Crippen molar-refractivity contribution in [3.05, 3.63) is 97.5 Å². The minimum absolute atomic E-state index is 0.000833. The number of piperidine rings is 1. The van der Waals surface area contributed by atoms with Crippen molar-refractivity contribution >= 4 is 44.8 Å². The van der Waals surface area contributed by atoms with Gasteiger partial charge in [0.05, 0.1) is 22.0 Å². The van der Waals surface area contributed by atoms with Crippen molar-refractivity contribution in [1.82, 2.24) is 19.8 Å². The molecule has 2 spiro atoms. The highest BCUT2D eigenvalue weighted by Crippen LogP contribution is 2.53. The van der Waals surface area contributed by atoms with Gasteiger partial charge in [0.2, 0.25) is 12.3 Å². The smallest absolute Gasteiger partial charge is 0.281 e. The lowest BCUT2D eigenvalue weighted by Gasteiger charge is -2.41. The number of rotatable bonds is 9. The number of imide groups is 1. The van der Waals surface area contributed by atoms with Gasteiger partial charge >= 0.3 is 0 Å². The topological polar surface area (TPSA) is 87.5 Å². The Morgan fingerprint density at radius 1 is 0.966 bits per heavy atom. The van der Waals surface area contributed by atoms with Crippen LogP contribution in [-0.2, 0) is 15.0 Å². The molecule has 9 rings (SSSR count). The van der Waals surface area contributed by atoms with Crippen LogP contribution in [-0.4, -0.2) is 59.5 Å². The summed E-state index contributed by atoms with van der Waals surface area (Å²) in [6, 6.07) is 16.2. The SMILES string of the molecule is CC(CCC(=O)NC=O)c1c(F)cc(N2CCC3(CCN(CC4CCC(c5ccc6c(c5)-n5c(nc(=O)c7c(Br)cccc75)C65CCCCC5)CC4)C3)CC2)cc1F. The van der Waals surface area contributed by atoms with Gasteiger partial charge < -0.3 is 9.80 Å². The Bertz CT molecular complexity index is 2270. The quantitative estimate of drug-likeness (QED) is 0.169. The minimum atomic E-state index is -0.577. The van der Waals surface area contributed by atoms with Crippen LogP contribution in [0.3, 0.4) is 0 Å². The largest absolute Gasteiger partial charge is 0.371 e. The molecule has 1 unspecified atom stereocenters. The van der Waals surface area contributed by atoms with Crippen LogP contribution in [0.1, 0.15) is 131 Å². The molecule has 0 radical (unpaired) electrons. The van der Waals surface area contributed by atoms with E-state index in [4.69, 9.17) is 4.98 Å². The Hall–Kier alpha value is -3.96. The van der Waals surface area contributed by atoms with Gasteiger partial charge in [-0.3, -0.25) is 24.3 Å². The number of hydrogen-bond donors (Lipinski definition) is 1. The van der Waals surface area contributed by atoms with Gasteiger partial charge in [-0.1, -0.05) is 44.4 Å². The number of likely N-dealkylation sites (tertiary alicyclic amines) is 1. The van der Waals surface area contributed by atoms with Crippen LogP contribution >= 0.6 is 15.9 Å². The first-order chi connectivity index (χ1) is 28.1. The molecule has 8 nitrogen and oxygen atoms in total. The van der Waals surface area contributed by atoms with E-state index < -0.39 is 23.5 Å². The summed E-state index contributed by atoms with van der Waals surface area (Å²) >= 11 is 3.65. The van der Waals surface area contributed by atoms with Gasteiger partial charge in [0.15, 0.2) is 0 Å². The summed E-state index contributed by atoms with van der Waals surface area (Å²) in [6.07, 6.45) is 14.2. The molecule has 2 aliphatic carbocycles. The summed E-state index contributed by atoms with van der Waals surface area (Å²) in [6.45, 7) is 6.64. The number of nitrogens with zero attached hydrogens (tertiary/aromatic N) is 4. The minimum Gasteiger partial charge on any atom is -0.371 e. The number of amides is 2. The molecule has 2 saturated heterocycles. The van der Waals surface area contributed by atoms with E-state index in [0.29, 0.717) is 29.3 Å². The number of nitrogens with one attached hydrogen (secondary N) is 1. The van der Waals surface area contributed by atoms with Gasteiger partial charge in [0.25, 0.3) is 5.56 Å². The van der Waals surface area contributed by atoms with Crippen molar-refractivity contribution in [3.8, 4) is 5.69 Å². The maximum atomic E-state index is 15.3. The van der Waals surface area contributed by atoms with Gasteiger partial charge in [-0.15, -0.1) is 0 Å². The monoisotopic (exact) mass is 853 g/mol. The van der Waals surface area contributed by atoms with E-state index in [9.17, 15) is 14.4 Å². The third-order valence-corrected chi connectivity index (χ3v) is 15.6. The van der Waals surface area contributed by atoms with Gasteiger partial charge in [0, 0.05) is 48.3 Å². The molecule has 11 heteroatoms.